The van der Waals surface area contributed by atoms with E-state index in [1.165, 1.54) is 5.56 Å². The first-order chi connectivity index (χ1) is 26.9. The summed E-state index contributed by atoms with van der Waals surface area (Å²) >= 11 is 0. The minimum Gasteiger partial charge on any atom is -0.497 e. The van der Waals surface area contributed by atoms with Gasteiger partial charge in [-0.2, -0.15) is 0 Å². The summed E-state index contributed by atoms with van der Waals surface area (Å²) in [5.41, 5.74) is 7.19. The largest absolute Gasteiger partial charge is 0.497 e. The third-order valence-electron chi connectivity index (χ3n) is 10.2. The highest BCUT2D eigenvalue weighted by atomic mass is 35.5. The van der Waals surface area contributed by atoms with Gasteiger partial charge in [-0.15, -0.1) is 24.8 Å². The molecule has 6 rings (SSSR count). The quantitative estimate of drug-likeness (QED) is 0.0955. The Hall–Kier alpha value is -5.23. The van der Waals surface area contributed by atoms with Crippen LogP contribution >= 0.6 is 24.8 Å². The van der Waals surface area contributed by atoms with Crippen molar-refractivity contribution in [2.75, 3.05) is 74.9 Å². The molecule has 4 aromatic carbocycles. The number of hydrogen-bond donors (Lipinski definition) is 0. The molecule has 11 nitrogen and oxygen atoms in total. The first kappa shape index (κ1) is 44.5. The van der Waals surface area contributed by atoms with Gasteiger partial charge in [0.05, 0.1) is 62.6 Å². The van der Waals surface area contributed by atoms with E-state index in [9.17, 15) is 0 Å². The Labute approximate surface area is 348 Å². The normalized spacial score (nSPS) is 12.7. The molecule has 0 amide bonds. The second kappa shape index (κ2) is 20.8. The Kier molecular flexibility index (Phi) is 16.2. The summed E-state index contributed by atoms with van der Waals surface area (Å²) in [5, 5.41) is 0. The zero-order valence-electron chi connectivity index (χ0n) is 33.8. The minimum absolute atomic E-state index is 0. The van der Waals surface area contributed by atoms with E-state index in [-0.39, 0.29) is 30.9 Å². The zero-order chi connectivity index (χ0) is 38.9. The van der Waals surface area contributed by atoms with Gasteiger partial charge < -0.3 is 42.8 Å². The van der Waals surface area contributed by atoms with Gasteiger partial charge in [0, 0.05) is 67.9 Å². The van der Waals surface area contributed by atoms with Gasteiger partial charge in [-0.25, -0.2) is 0 Å². The lowest BCUT2D eigenvalue weighted by atomic mass is 9.96. The predicted molar refractivity (Wildman–Crippen MR) is 229 cm³/mol. The molecule has 1 aromatic heterocycles. The third-order valence-corrected chi connectivity index (χ3v) is 10.2. The lowest BCUT2D eigenvalue weighted by molar-refractivity contribution is 0.201. The summed E-state index contributed by atoms with van der Waals surface area (Å²) in [6.45, 7) is 3.33. The molecule has 0 bridgehead atoms. The maximum absolute atomic E-state index is 5.73. The number of piperidine rings is 1. The number of aromatic nitrogens is 1. The van der Waals surface area contributed by atoms with Gasteiger partial charge in [0.2, 0.25) is 11.5 Å². The highest BCUT2D eigenvalue weighted by Gasteiger charge is 2.27. The maximum atomic E-state index is 5.73. The van der Waals surface area contributed by atoms with Crippen molar-refractivity contribution in [3.63, 3.8) is 0 Å². The molecule has 1 aliphatic heterocycles. The Morgan fingerprint density at radius 2 is 1.12 bits per heavy atom. The lowest BCUT2D eigenvalue weighted by Gasteiger charge is -2.40. The van der Waals surface area contributed by atoms with Crippen molar-refractivity contribution in [3.8, 4) is 68.4 Å². The number of likely N-dealkylation sites (tertiary alicyclic amines) is 1. The van der Waals surface area contributed by atoms with Crippen molar-refractivity contribution in [2.45, 2.75) is 32.0 Å². The SMILES string of the molecule is COc1cc(OC)cc(N(Cc2ccccc2-c2cc(OC)c(OC)c(OC)c2)C2CCN(Cc3ccnc(-c4cc(OC)c(OC)c(OC)c4)c3)CC2)c1.Cl.Cl. The topological polar surface area (TPSA) is 93.2 Å². The van der Waals surface area contributed by atoms with Crippen LogP contribution in [-0.4, -0.2) is 85.9 Å². The summed E-state index contributed by atoms with van der Waals surface area (Å²) in [6, 6.07) is 26.9. The fourth-order valence-corrected chi connectivity index (χ4v) is 7.36. The monoisotopic (exact) mass is 821 g/mol. The molecular formula is C44H53Cl2N3O8. The first-order valence-electron chi connectivity index (χ1n) is 18.2. The molecule has 0 N–H and O–H groups in total. The number of ether oxygens (including phenoxy) is 8. The summed E-state index contributed by atoms with van der Waals surface area (Å²) in [5.74, 6) is 5.01. The molecular weight excluding hydrogens is 769 g/mol. The molecule has 0 radical (unpaired) electrons. The number of halogens is 2. The second-order valence-electron chi connectivity index (χ2n) is 13.2. The predicted octanol–water partition coefficient (Wildman–Crippen LogP) is 9.00. The fourth-order valence-electron chi connectivity index (χ4n) is 7.36. The van der Waals surface area contributed by atoms with Gasteiger partial charge in [-0.05, 0) is 71.5 Å². The highest BCUT2D eigenvalue weighted by molar-refractivity contribution is 5.85. The van der Waals surface area contributed by atoms with E-state index in [0.717, 1.165) is 77.6 Å². The molecule has 1 fully saturated rings. The standard InChI is InChI=1S/C44H51N3O8.2ClH/c1-48-35-24-34(25-36(26-35)49-2)47(28-30-11-9-10-12-37(30)31-20-39(50-3)43(54-7)40(21-31)51-4)33-14-17-46(18-15-33)27-29-13-16-45-38(19-29)32-22-41(52-5)44(55-8)42(23-32)53-6;;/h9-13,16,19-26,33H,14-15,17-18,27-28H2,1-8H3;2*1H. The molecule has 5 aromatic rings. The van der Waals surface area contributed by atoms with Crippen LogP contribution in [0.4, 0.5) is 5.69 Å². The van der Waals surface area contributed by atoms with E-state index in [0.29, 0.717) is 41.0 Å². The molecule has 13 heteroatoms. The van der Waals surface area contributed by atoms with Gasteiger partial charge in [-0.3, -0.25) is 9.88 Å². The number of nitrogens with zero attached hydrogens (tertiary/aromatic N) is 3. The van der Waals surface area contributed by atoms with Crippen molar-refractivity contribution >= 4 is 30.5 Å². The summed E-state index contributed by atoms with van der Waals surface area (Å²) in [7, 11) is 13.1. The van der Waals surface area contributed by atoms with E-state index in [4.69, 9.17) is 37.9 Å². The molecule has 0 aliphatic carbocycles. The molecule has 0 spiro atoms. The van der Waals surface area contributed by atoms with Crippen molar-refractivity contribution in [1.82, 2.24) is 9.88 Å². The van der Waals surface area contributed by atoms with Crippen LogP contribution in [0.3, 0.4) is 0 Å². The molecule has 0 unspecified atom stereocenters. The van der Waals surface area contributed by atoms with Crippen molar-refractivity contribution in [3.05, 3.63) is 96.2 Å². The van der Waals surface area contributed by atoms with Crippen LogP contribution in [-0.2, 0) is 13.1 Å². The van der Waals surface area contributed by atoms with Crippen LogP contribution in [0.15, 0.2) is 85.1 Å². The van der Waals surface area contributed by atoms with E-state index in [1.807, 2.05) is 36.5 Å². The van der Waals surface area contributed by atoms with Gasteiger partial charge >= 0.3 is 0 Å². The van der Waals surface area contributed by atoms with Crippen LogP contribution < -0.4 is 42.8 Å². The number of anilines is 1. The number of rotatable bonds is 16. The van der Waals surface area contributed by atoms with Gasteiger partial charge in [0.15, 0.2) is 23.0 Å². The zero-order valence-corrected chi connectivity index (χ0v) is 35.5. The van der Waals surface area contributed by atoms with Gasteiger partial charge in [-0.1, -0.05) is 24.3 Å². The first-order valence-corrected chi connectivity index (χ1v) is 18.2. The van der Waals surface area contributed by atoms with Crippen LogP contribution in [0.2, 0.25) is 0 Å². The molecule has 306 valence electrons. The number of hydrogen-bond acceptors (Lipinski definition) is 11. The van der Waals surface area contributed by atoms with Gasteiger partial charge in [0.1, 0.15) is 11.5 Å². The van der Waals surface area contributed by atoms with Crippen molar-refractivity contribution < 1.29 is 37.9 Å². The Morgan fingerprint density at radius 1 is 0.596 bits per heavy atom. The average Bonchev–Trinajstić information content (AvgIpc) is 3.24. The van der Waals surface area contributed by atoms with Crippen molar-refractivity contribution in [2.24, 2.45) is 0 Å². The summed E-state index contributed by atoms with van der Waals surface area (Å²) < 4.78 is 45.3. The second-order valence-corrected chi connectivity index (χ2v) is 13.2. The van der Waals surface area contributed by atoms with Crippen LogP contribution in [0.5, 0.6) is 46.0 Å². The van der Waals surface area contributed by atoms with Crippen LogP contribution in [0, 0.1) is 0 Å². The van der Waals surface area contributed by atoms with Crippen molar-refractivity contribution in [1.29, 1.82) is 0 Å². The van der Waals surface area contributed by atoms with E-state index >= 15 is 0 Å². The number of pyridine rings is 1. The Bertz CT molecular complexity index is 2000. The number of benzene rings is 4. The smallest absolute Gasteiger partial charge is 0.203 e. The minimum atomic E-state index is 0. The van der Waals surface area contributed by atoms with Crippen LogP contribution in [0.1, 0.15) is 24.0 Å². The van der Waals surface area contributed by atoms with E-state index in [2.05, 4.69) is 63.3 Å². The lowest BCUT2D eigenvalue weighted by Crippen LogP contribution is -2.44. The summed E-state index contributed by atoms with van der Waals surface area (Å²) in [6.07, 6.45) is 3.80. The summed E-state index contributed by atoms with van der Waals surface area (Å²) in [4.78, 5) is 9.69. The molecule has 0 saturated carbocycles. The highest BCUT2D eigenvalue weighted by Crippen LogP contribution is 2.43. The van der Waals surface area contributed by atoms with Crippen LogP contribution in [0.25, 0.3) is 22.4 Å². The Morgan fingerprint density at radius 3 is 1.63 bits per heavy atom. The maximum Gasteiger partial charge on any atom is 0.203 e. The third kappa shape index (κ3) is 10.0. The van der Waals surface area contributed by atoms with Gasteiger partial charge in [0.25, 0.3) is 0 Å². The average molecular weight is 823 g/mol. The van der Waals surface area contributed by atoms with E-state index < -0.39 is 0 Å². The molecule has 0 atom stereocenters. The molecule has 1 aliphatic rings. The fraction of sp³-hybridized carbons (Fsp3) is 0.341. The Balaban J connectivity index is 0.00000360. The van der Waals surface area contributed by atoms with E-state index in [1.54, 1.807) is 56.9 Å². The molecule has 2 heterocycles. The molecule has 1 saturated heterocycles. The number of methoxy groups -OCH3 is 8. The molecule has 57 heavy (non-hydrogen) atoms.